The van der Waals surface area contributed by atoms with E-state index in [1.54, 1.807) is 0 Å². The van der Waals surface area contributed by atoms with Crippen molar-refractivity contribution in [1.29, 1.82) is 0 Å². The molecule has 1 aromatic heterocycles. The Morgan fingerprint density at radius 1 is 1.23 bits per heavy atom. The standard InChI is InChI=1S/C19H24F2N4O5/c1-11(2)10-25-15(22)14(16(26)23-19(25)28)24(8-9-29-3)17(27)12-4-6-13(7-5-12)30-18(20)21/h4-7,11,18H,8-10,22H2,1-3H3,(H,23,26,28). The van der Waals surface area contributed by atoms with Crippen LogP contribution in [0.5, 0.6) is 5.75 Å². The maximum absolute atomic E-state index is 13.1. The normalized spacial score (nSPS) is 11.2. The van der Waals surface area contributed by atoms with Crippen molar-refractivity contribution in [2.45, 2.75) is 27.0 Å². The molecule has 0 bridgehead atoms. The minimum atomic E-state index is -3.00. The maximum Gasteiger partial charge on any atom is 0.387 e. The number of H-pyrrole nitrogens is 1. The first-order valence-electron chi connectivity index (χ1n) is 9.14. The van der Waals surface area contributed by atoms with Gasteiger partial charge in [-0.25, -0.2) is 4.79 Å². The van der Waals surface area contributed by atoms with Gasteiger partial charge in [-0.3, -0.25) is 24.0 Å². The van der Waals surface area contributed by atoms with E-state index in [0.717, 1.165) is 4.90 Å². The summed E-state index contributed by atoms with van der Waals surface area (Å²) < 4.78 is 35.1. The monoisotopic (exact) mass is 426 g/mol. The van der Waals surface area contributed by atoms with E-state index in [1.807, 2.05) is 13.8 Å². The highest BCUT2D eigenvalue weighted by atomic mass is 19.3. The van der Waals surface area contributed by atoms with Crippen LogP contribution in [0.2, 0.25) is 0 Å². The number of aromatic amines is 1. The predicted octanol–water partition coefficient (Wildman–Crippen LogP) is 1.67. The van der Waals surface area contributed by atoms with Gasteiger partial charge in [-0.15, -0.1) is 0 Å². The van der Waals surface area contributed by atoms with Crippen LogP contribution < -0.4 is 26.6 Å². The van der Waals surface area contributed by atoms with Crippen LogP contribution in [0.15, 0.2) is 33.9 Å². The quantitative estimate of drug-likeness (QED) is 0.630. The van der Waals surface area contributed by atoms with Crippen molar-refractivity contribution in [3.63, 3.8) is 0 Å². The van der Waals surface area contributed by atoms with Crippen molar-refractivity contribution in [3.8, 4) is 5.75 Å². The van der Waals surface area contributed by atoms with E-state index in [1.165, 1.54) is 35.9 Å². The van der Waals surface area contributed by atoms with Gasteiger partial charge in [0.05, 0.1) is 6.61 Å². The van der Waals surface area contributed by atoms with Crippen molar-refractivity contribution in [3.05, 3.63) is 50.7 Å². The molecule has 1 heterocycles. The molecule has 1 amide bonds. The van der Waals surface area contributed by atoms with E-state index < -0.39 is 23.8 Å². The third kappa shape index (κ3) is 5.44. The summed E-state index contributed by atoms with van der Waals surface area (Å²) in [6.45, 7) is 1.03. The van der Waals surface area contributed by atoms with E-state index >= 15 is 0 Å². The number of anilines is 2. The molecule has 164 valence electrons. The molecule has 30 heavy (non-hydrogen) atoms. The van der Waals surface area contributed by atoms with Crippen LogP contribution in [0.3, 0.4) is 0 Å². The second-order valence-electron chi connectivity index (χ2n) is 6.85. The lowest BCUT2D eigenvalue weighted by molar-refractivity contribution is -0.0498. The molecule has 2 rings (SSSR count). The third-order valence-electron chi connectivity index (χ3n) is 4.12. The van der Waals surface area contributed by atoms with Gasteiger partial charge in [0.25, 0.3) is 11.5 Å². The second kappa shape index (κ2) is 10.0. The minimum Gasteiger partial charge on any atom is -0.435 e. The smallest absolute Gasteiger partial charge is 0.387 e. The Morgan fingerprint density at radius 2 is 1.87 bits per heavy atom. The molecular weight excluding hydrogens is 402 g/mol. The van der Waals surface area contributed by atoms with Gasteiger partial charge < -0.3 is 15.2 Å². The summed E-state index contributed by atoms with van der Waals surface area (Å²) in [6, 6.07) is 4.99. The van der Waals surface area contributed by atoms with Crippen LogP contribution in [-0.4, -0.2) is 42.3 Å². The third-order valence-corrected chi connectivity index (χ3v) is 4.12. The number of aromatic nitrogens is 2. The molecule has 9 nitrogen and oxygen atoms in total. The Hall–Kier alpha value is -3.21. The summed E-state index contributed by atoms with van der Waals surface area (Å²) in [5.41, 5.74) is 4.52. The number of ether oxygens (including phenoxy) is 2. The topological polar surface area (TPSA) is 120 Å². The number of hydrogen-bond donors (Lipinski definition) is 2. The Labute approximate surface area is 171 Å². The summed E-state index contributed by atoms with van der Waals surface area (Å²) in [6.07, 6.45) is 0. The van der Waals surface area contributed by atoms with Crippen LogP contribution in [-0.2, 0) is 11.3 Å². The number of methoxy groups -OCH3 is 1. The highest BCUT2D eigenvalue weighted by Crippen LogP contribution is 2.22. The van der Waals surface area contributed by atoms with Gasteiger partial charge in [0.1, 0.15) is 11.6 Å². The molecule has 0 aliphatic heterocycles. The number of carbonyl (C=O) groups excluding carboxylic acids is 1. The number of amides is 1. The molecule has 0 radical (unpaired) electrons. The molecule has 0 aliphatic carbocycles. The lowest BCUT2D eigenvalue weighted by Crippen LogP contribution is -2.42. The van der Waals surface area contributed by atoms with Crippen molar-refractivity contribution >= 4 is 17.4 Å². The molecule has 0 unspecified atom stereocenters. The lowest BCUT2D eigenvalue weighted by atomic mass is 10.1. The van der Waals surface area contributed by atoms with Crippen LogP contribution in [0.1, 0.15) is 24.2 Å². The number of nitrogens with zero attached hydrogens (tertiary/aromatic N) is 2. The van der Waals surface area contributed by atoms with Gasteiger partial charge in [0.2, 0.25) is 0 Å². The lowest BCUT2D eigenvalue weighted by Gasteiger charge is -2.25. The van der Waals surface area contributed by atoms with Gasteiger partial charge in [-0.2, -0.15) is 8.78 Å². The first-order valence-corrected chi connectivity index (χ1v) is 9.14. The molecule has 0 saturated carbocycles. The first-order chi connectivity index (χ1) is 14.1. The molecular formula is C19H24F2N4O5. The summed E-state index contributed by atoms with van der Waals surface area (Å²) in [5, 5.41) is 0. The fourth-order valence-corrected chi connectivity index (χ4v) is 2.82. The first kappa shape index (κ1) is 23.1. The number of rotatable bonds is 9. The molecule has 0 fully saturated rings. The van der Waals surface area contributed by atoms with Crippen LogP contribution >= 0.6 is 0 Å². The molecule has 0 spiro atoms. The highest BCUT2D eigenvalue weighted by molar-refractivity contribution is 6.07. The zero-order valence-corrected chi connectivity index (χ0v) is 16.9. The fraction of sp³-hybridized carbons (Fsp3) is 0.421. The molecule has 3 N–H and O–H groups in total. The van der Waals surface area contributed by atoms with Crippen LogP contribution in [0.25, 0.3) is 0 Å². The molecule has 11 heteroatoms. The van der Waals surface area contributed by atoms with Gasteiger partial charge in [-0.05, 0) is 30.2 Å². The van der Waals surface area contributed by atoms with E-state index in [-0.39, 0.29) is 48.4 Å². The largest absolute Gasteiger partial charge is 0.435 e. The van der Waals surface area contributed by atoms with E-state index in [9.17, 15) is 23.2 Å². The van der Waals surface area contributed by atoms with Crippen molar-refractivity contribution in [1.82, 2.24) is 9.55 Å². The van der Waals surface area contributed by atoms with Crippen LogP contribution in [0, 0.1) is 5.92 Å². The van der Waals surface area contributed by atoms with Gasteiger partial charge in [0, 0.05) is 25.8 Å². The Bertz CT molecular complexity index is 986. The molecule has 2 aromatic rings. The number of carbonyl (C=O) groups is 1. The Kier molecular flexibility index (Phi) is 7.70. The molecule has 0 atom stereocenters. The van der Waals surface area contributed by atoms with Crippen molar-refractivity contribution in [2.24, 2.45) is 5.92 Å². The summed E-state index contributed by atoms with van der Waals surface area (Å²) >= 11 is 0. The molecule has 0 saturated heterocycles. The van der Waals surface area contributed by atoms with Gasteiger partial charge in [-0.1, -0.05) is 13.8 Å². The zero-order chi connectivity index (χ0) is 22.4. The summed E-state index contributed by atoms with van der Waals surface area (Å²) in [5.74, 6) is -0.843. The highest BCUT2D eigenvalue weighted by Gasteiger charge is 2.25. The summed E-state index contributed by atoms with van der Waals surface area (Å²) in [7, 11) is 1.42. The minimum absolute atomic E-state index is 0.0300. The number of halogens is 2. The maximum atomic E-state index is 13.1. The number of nitrogens with two attached hydrogens (primary N) is 1. The van der Waals surface area contributed by atoms with Crippen LogP contribution in [0.4, 0.5) is 20.3 Å². The molecule has 1 aromatic carbocycles. The van der Waals surface area contributed by atoms with E-state index in [0.29, 0.717) is 0 Å². The number of nitrogen functional groups attached to an aromatic ring is 1. The fourth-order valence-electron chi connectivity index (χ4n) is 2.82. The average Bonchev–Trinajstić information content (AvgIpc) is 2.67. The van der Waals surface area contributed by atoms with Gasteiger partial charge >= 0.3 is 12.3 Å². The van der Waals surface area contributed by atoms with Crippen molar-refractivity contribution in [2.75, 3.05) is 30.9 Å². The Balaban J connectivity index is 2.51. The zero-order valence-electron chi connectivity index (χ0n) is 16.9. The summed E-state index contributed by atoms with van der Waals surface area (Å²) in [4.78, 5) is 41.1. The number of hydrogen-bond acceptors (Lipinski definition) is 6. The molecule has 0 aliphatic rings. The SMILES string of the molecule is COCCN(C(=O)c1ccc(OC(F)F)cc1)c1c(N)n(CC(C)C)c(=O)[nH]c1=O. The number of alkyl halides is 2. The Morgan fingerprint density at radius 3 is 2.40 bits per heavy atom. The number of nitrogens with one attached hydrogen (secondary N) is 1. The van der Waals surface area contributed by atoms with E-state index in [2.05, 4.69) is 9.72 Å². The average molecular weight is 426 g/mol. The van der Waals surface area contributed by atoms with Crippen molar-refractivity contribution < 1.29 is 23.0 Å². The van der Waals surface area contributed by atoms with E-state index in [4.69, 9.17) is 10.5 Å². The van der Waals surface area contributed by atoms with Gasteiger partial charge in [0.15, 0.2) is 5.69 Å². The predicted molar refractivity (Wildman–Crippen MR) is 107 cm³/mol. The number of benzene rings is 1. The second-order valence-corrected chi connectivity index (χ2v) is 6.85.